The molecule has 0 spiro atoms. The van der Waals surface area contributed by atoms with Crippen molar-refractivity contribution >= 4 is 57.6 Å². The number of nitrogens with one attached hydrogen (secondary N) is 1. The minimum Gasteiger partial charge on any atom is -0.478 e. The zero-order chi connectivity index (χ0) is 15.4. The first-order chi connectivity index (χ1) is 9.97. The van der Waals surface area contributed by atoms with E-state index in [1.165, 1.54) is 12.1 Å². The molecule has 0 saturated carbocycles. The average Bonchev–Trinajstić information content (AvgIpc) is 2.84. The van der Waals surface area contributed by atoms with Gasteiger partial charge in [0.25, 0.3) is 0 Å². The number of aryl methyl sites for hydroxylation is 1. The quantitative estimate of drug-likeness (QED) is 0.588. The maximum atomic E-state index is 11.9. The van der Waals surface area contributed by atoms with Crippen molar-refractivity contribution in [1.29, 1.82) is 0 Å². The summed E-state index contributed by atoms with van der Waals surface area (Å²) < 4.78 is 0.799. The molecule has 2 N–H and O–H groups in total. The fourth-order valence-corrected chi connectivity index (χ4v) is 2.99. The summed E-state index contributed by atoms with van der Waals surface area (Å²) in [6, 6.07) is 6.83. The van der Waals surface area contributed by atoms with Crippen LogP contribution in [0.3, 0.4) is 0 Å². The molecule has 0 radical (unpaired) electrons. The second-order valence-corrected chi connectivity index (χ2v) is 6.48. The third-order valence-electron chi connectivity index (χ3n) is 2.76. The summed E-state index contributed by atoms with van der Waals surface area (Å²) in [5.41, 5.74) is 1.47. The van der Waals surface area contributed by atoms with Crippen LogP contribution in [-0.4, -0.2) is 17.0 Å². The van der Waals surface area contributed by atoms with Gasteiger partial charge in [0.1, 0.15) is 0 Å². The van der Waals surface area contributed by atoms with Crippen LogP contribution < -0.4 is 5.32 Å². The predicted octanol–water partition coefficient (Wildman–Crippen LogP) is 4.01. The molecule has 1 heterocycles. The number of thiophene rings is 1. The lowest BCUT2D eigenvalue weighted by atomic mass is 10.2. The number of hydrogen-bond acceptors (Lipinski definition) is 3. The number of carboxylic acids is 1. The molecule has 0 bridgehead atoms. The van der Waals surface area contributed by atoms with E-state index in [0.29, 0.717) is 5.69 Å². The monoisotopic (exact) mass is 413 g/mol. The fraction of sp³-hybridized carbons (Fsp3) is 0.0667. The number of halogens is 1. The second kappa shape index (κ2) is 6.86. The molecule has 6 heteroatoms. The molecule has 0 aliphatic rings. The average molecular weight is 413 g/mol. The lowest BCUT2D eigenvalue weighted by Crippen LogP contribution is -2.12. The first-order valence-corrected chi connectivity index (χ1v) is 7.99. The molecule has 0 unspecified atom stereocenters. The normalized spacial score (nSPS) is 10.8. The zero-order valence-electron chi connectivity index (χ0n) is 11.1. The second-order valence-electron chi connectivity index (χ2n) is 4.29. The summed E-state index contributed by atoms with van der Waals surface area (Å²) in [6.45, 7) is 1.97. The summed E-state index contributed by atoms with van der Waals surface area (Å²) in [6.07, 6.45) is 3.13. The maximum Gasteiger partial charge on any atom is 0.337 e. The van der Waals surface area contributed by atoms with Crippen LogP contribution in [0, 0.1) is 10.5 Å². The molecule has 0 saturated heterocycles. The molecular formula is C15H12INO3S. The number of amides is 1. The van der Waals surface area contributed by atoms with Crippen molar-refractivity contribution in [2.45, 2.75) is 6.92 Å². The molecule has 0 atom stereocenters. The van der Waals surface area contributed by atoms with Crippen molar-refractivity contribution in [3.8, 4) is 0 Å². The third-order valence-corrected chi connectivity index (χ3v) is 4.41. The smallest absolute Gasteiger partial charge is 0.337 e. The van der Waals surface area contributed by atoms with Crippen LogP contribution in [0.15, 0.2) is 35.7 Å². The van der Waals surface area contributed by atoms with Crippen LogP contribution in [0.2, 0.25) is 0 Å². The number of hydrogen-bond donors (Lipinski definition) is 2. The van der Waals surface area contributed by atoms with Crippen LogP contribution in [0.25, 0.3) is 6.08 Å². The molecule has 108 valence electrons. The SMILES string of the molecule is Cc1ccsc1C=CC(=O)Nc1ccc(I)cc1C(=O)O. The number of aromatic carboxylic acids is 1. The van der Waals surface area contributed by atoms with Gasteiger partial charge in [-0.05, 0) is 70.8 Å². The fourth-order valence-electron chi connectivity index (χ4n) is 1.68. The number of anilines is 1. The maximum absolute atomic E-state index is 11.9. The molecular weight excluding hydrogens is 401 g/mol. The highest BCUT2D eigenvalue weighted by molar-refractivity contribution is 14.1. The summed E-state index contributed by atoms with van der Waals surface area (Å²) in [7, 11) is 0. The molecule has 0 aliphatic carbocycles. The van der Waals surface area contributed by atoms with E-state index in [-0.39, 0.29) is 11.5 Å². The van der Waals surface area contributed by atoms with E-state index >= 15 is 0 Å². The van der Waals surface area contributed by atoms with Gasteiger partial charge in [0.15, 0.2) is 0 Å². The van der Waals surface area contributed by atoms with Crippen LogP contribution in [0.1, 0.15) is 20.8 Å². The Bertz CT molecular complexity index is 721. The highest BCUT2D eigenvalue weighted by Gasteiger charge is 2.12. The number of benzene rings is 1. The summed E-state index contributed by atoms with van der Waals surface area (Å²) in [4.78, 5) is 24.1. The van der Waals surface area contributed by atoms with E-state index in [1.807, 2.05) is 41.0 Å². The van der Waals surface area contributed by atoms with Gasteiger partial charge in [-0.1, -0.05) is 0 Å². The topological polar surface area (TPSA) is 66.4 Å². The zero-order valence-corrected chi connectivity index (χ0v) is 14.1. The Morgan fingerprint density at radius 3 is 2.71 bits per heavy atom. The molecule has 1 aromatic carbocycles. The van der Waals surface area contributed by atoms with Crippen LogP contribution >= 0.6 is 33.9 Å². The van der Waals surface area contributed by atoms with Crippen LogP contribution in [0.5, 0.6) is 0 Å². The third kappa shape index (κ3) is 4.15. The van der Waals surface area contributed by atoms with Crippen molar-refractivity contribution in [3.05, 3.63) is 55.3 Å². The highest BCUT2D eigenvalue weighted by atomic mass is 127. The Kier molecular flexibility index (Phi) is 5.13. The molecule has 0 fully saturated rings. The molecule has 1 amide bonds. The van der Waals surface area contributed by atoms with Crippen LogP contribution in [0.4, 0.5) is 5.69 Å². The Balaban J connectivity index is 2.15. The largest absolute Gasteiger partial charge is 0.478 e. The van der Waals surface area contributed by atoms with E-state index in [9.17, 15) is 9.59 Å². The molecule has 21 heavy (non-hydrogen) atoms. The Labute approximate surface area is 139 Å². The number of carbonyl (C=O) groups excluding carboxylic acids is 1. The first kappa shape index (κ1) is 15.7. The van der Waals surface area contributed by atoms with E-state index < -0.39 is 5.97 Å². The summed E-state index contributed by atoms with van der Waals surface area (Å²) >= 11 is 3.57. The van der Waals surface area contributed by atoms with Gasteiger partial charge in [-0.3, -0.25) is 4.79 Å². The first-order valence-electron chi connectivity index (χ1n) is 6.03. The molecule has 1 aromatic heterocycles. The minimum atomic E-state index is -1.07. The standard InChI is InChI=1S/C15H12INO3S/c1-9-6-7-21-13(9)4-5-14(18)17-12-3-2-10(16)8-11(12)15(19)20/h2-8H,1H3,(H,17,18)(H,19,20). The van der Waals surface area contributed by atoms with E-state index in [2.05, 4.69) is 5.32 Å². The van der Waals surface area contributed by atoms with Crippen LogP contribution in [-0.2, 0) is 4.79 Å². The molecule has 2 rings (SSSR count). The van der Waals surface area contributed by atoms with Gasteiger partial charge in [-0.15, -0.1) is 11.3 Å². The Morgan fingerprint density at radius 1 is 1.33 bits per heavy atom. The Morgan fingerprint density at radius 2 is 2.10 bits per heavy atom. The minimum absolute atomic E-state index is 0.0796. The van der Waals surface area contributed by atoms with Crippen molar-refractivity contribution < 1.29 is 14.7 Å². The van der Waals surface area contributed by atoms with Gasteiger partial charge in [0.2, 0.25) is 5.91 Å². The van der Waals surface area contributed by atoms with Gasteiger partial charge in [0, 0.05) is 14.5 Å². The predicted molar refractivity (Wildman–Crippen MR) is 92.8 cm³/mol. The van der Waals surface area contributed by atoms with E-state index in [4.69, 9.17) is 5.11 Å². The number of carbonyl (C=O) groups is 2. The van der Waals surface area contributed by atoms with Crippen molar-refractivity contribution in [2.24, 2.45) is 0 Å². The van der Waals surface area contributed by atoms with Gasteiger partial charge < -0.3 is 10.4 Å². The lowest BCUT2D eigenvalue weighted by Gasteiger charge is -2.07. The van der Waals surface area contributed by atoms with Crippen molar-refractivity contribution in [2.75, 3.05) is 5.32 Å². The van der Waals surface area contributed by atoms with Gasteiger partial charge in [0.05, 0.1) is 11.3 Å². The molecule has 4 nitrogen and oxygen atoms in total. The summed E-state index contributed by atoms with van der Waals surface area (Å²) in [5.74, 6) is -1.42. The van der Waals surface area contributed by atoms with Crippen molar-refractivity contribution in [1.82, 2.24) is 0 Å². The summed E-state index contributed by atoms with van der Waals surface area (Å²) in [5, 5.41) is 13.7. The number of carboxylic acid groups (broad SMARTS) is 1. The van der Waals surface area contributed by atoms with Gasteiger partial charge in [-0.25, -0.2) is 4.79 Å². The molecule has 0 aliphatic heterocycles. The number of rotatable bonds is 4. The van der Waals surface area contributed by atoms with E-state index in [0.717, 1.165) is 14.0 Å². The molecule has 2 aromatic rings. The van der Waals surface area contributed by atoms with Gasteiger partial charge >= 0.3 is 5.97 Å². The van der Waals surface area contributed by atoms with E-state index in [1.54, 1.807) is 29.5 Å². The van der Waals surface area contributed by atoms with Crippen molar-refractivity contribution in [3.63, 3.8) is 0 Å². The van der Waals surface area contributed by atoms with Gasteiger partial charge in [-0.2, -0.15) is 0 Å². The Hall–Kier alpha value is -1.67. The highest BCUT2D eigenvalue weighted by Crippen LogP contribution is 2.20. The lowest BCUT2D eigenvalue weighted by molar-refractivity contribution is -0.111.